The van der Waals surface area contributed by atoms with Crippen LogP contribution in [0.3, 0.4) is 0 Å². The fourth-order valence-electron chi connectivity index (χ4n) is 4.59. The highest BCUT2D eigenvalue weighted by atomic mass is 32.2. The van der Waals surface area contributed by atoms with Crippen LogP contribution in [-0.4, -0.2) is 52.3 Å². The second kappa shape index (κ2) is 8.80. The molecule has 0 bridgehead atoms. The zero-order chi connectivity index (χ0) is 21.3. The van der Waals surface area contributed by atoms with Gasteiger partial charge in [-0.15, -0.1) is 0 Å². The molecule has 2 aromatic rings. The summed E-state index contributed by atoms with van der Waals surface area (Å²) in [6, 6.07) is 8.72. The van der Waals surface area contributed by atoms with Gasteiger partial charge in [-0.2, -0.15) is 5.10 Å². The predicted octanol–water partition coefficient (Wildman–Crippen LogP) is 3.12. The van der Waals surface area contributed by atoms with Gasteiger partial charge in [0.1, 0.15) is 11.6 Å². The SMILES string of the molecule is CCOc1ccc(C2CCCN2Cn2nc(CC3CCS(=O)(=O)C3)n(C)c2=S)cc1. The maximum Gasteiger partial charge on any atom is 0.198 e. The van der Waals surface area contributed by atoms with Gasteiger partial charge in [-0.3, -0.25) is 4.90 Å². The van der Waals surface area contributed by atoms with E-state index in [0.29, 0.717) is 42.7 Å². The molecule has 0 N–H and O–H groups in total. The van der Waals surface area contributed by atoms with Crippen molar-refractivity contribution in [3.05, 3.63) is 40.4 Å². The predicted molar refractivity (Wildman–Crippen MR) is 119 cm³/mol. The molecule has 0 aliphatic carbocycles. The molecule has 3 heterocycles. The van der Waals surface area contributed by atoms with Gasteiger partial charge in [0, 0.05) is 26.1 Å². The number of hydrogen-bond acceptors (Lipinski definition) is 6. The van der Waals surface area contributed by atoms with E-state index in [4.69, 9.17) is 22.1 Å². The summed E-state index contributed by atoms with van der Waals surface area (Å²) < 4.78 is 33.6. The van der Waals surface area contributed by atoms with E-state index < -0.39 is 9.84 Å². The lowest BCUT2D eigenvalue weighted by molar-refractivity contribution is 0.189. The van der Waals surface area contributed by atoms with E-state index in [0.717, 1.165) is 31.0 Å². The molecule has 30 heavy (non-hydrogen) atoms. The van der Waals surface area contributed by atoms with Gasteiger partial charge in [0.05, 0.1) is 24.8 Å². The van der Waals surface area contributed by atoms with Gasteiger partial charge < -0.3 is 9.30 Å². The van der Waals surface area contributed by atoms with E-state index in [2.05, 4.69) is 17.0 Å². The van der Waals surface area contributed by atoms with Crippen LogP contribution in [0.2, 0.25) is 0 Å². The average molecular weight is 451 g/mol. The monoisotopic (exact) mass is 450 g/mol. The first kappa shape index (κ1) is 21.5. The highest BCUT2D eigenvalue weighted by Crippen LogP contribution is 2.33. The highest BCUT2D eigenvalue weighted by molar-refractivity contribution is 7.91. The van der Waals surface area contributed by atoms with Crippen LogP contribution in [0.15, 0.2) is 24.3 Å². The van der Waals surface area contributed by atoms with Crippen LogP contribution in [0.1, 0.15) is 43.6 Å². The standard InChI is InChI=1S/C21H30N4O3S2/c1-3-28-18-8-6-17(7-9-18)19-5-4-11-24(19)15-25-21(29)23(2)20(22-25)13-16-10-12-30(26,27)14-16/h6-9,16,19H,3-5,10-15H2,1-2H3. The Morgan fingerprint density at radius 1 is 1.23 bits per heavy atom. The van der Waals surface area contributed by atoms with Crippen LogP contribution in [0.4, 0.5) is 0 Å². The minimum absolute atomic E-state index is 0.141. The Kier molecular flexibility index (Phi) is 6.31. The van der Waals surface area contributed by atoms with Crippen molar-refractivity contribution in [1.29, 1.82) is 0 Å². The van der Waals surface area contributed by atoms with E-state index in [9.17, 15) is 8.42 Å². The summed E-state index contributed by atoms with van der Waals surface area (Å²) in [5, 5.41) is 4.77. The van der Waals surface area contributed by atoms with E-state index in [1.54, 1.807) is 0 Å². The van der Waals surface area contributed by atoms with Crippen LogP contribution in [0.25, 0.3) is 0 Å². The Labute approximate surface area is 183 Å². The molecule has 0 radical (unpaired) electrons. The van der Waals surface area contributed by atoms with Gasteiger partial charge >= 0.3 is 0 Å². The molecule has 2 unspecified atom stereocenters. The molecular formula is C21H30N4O3S2. The quantitative estimate of drug-likeness (QED) is 0.604. The molecule has 1 aromatic carbocycles. The van der Waals surface area contributed by atoms with Crippen molar-refractivity contribution in [1.82, 2.24) is 19.2 Å². The lowest BCUT2D eigenvalue weighted by Gasteiger charge is -2.24. The first-order valence-electron chi connectivity index (χ1n) is 10.7. The molecule has 2 aliphatic heterocycles. The minimum atomic E-state index is -2.88. The average Bonchev–Trinajstić information content (AvgIpc) is 3.38. The maximum atomic E-state index is 11.8. The Balaban J connectivity index is 1.47. The third-order valence-corrected chi connectivity index (χ3v) is 8.51. The number of rotatable bonds is 7. The van der Waals surface area contributed by atoms with Crippen LogP contribution in [0.5, 0.6) is 5.75 Å². The normalized spacial score (nSPS) is 23.8. The molecule has 2 aliphatic rings. The molecule has 0 amide bonds. The van der Waals surface area contributed by atoms with Crippen LogP contribution in [0, 0.1) is 10.7 Å². The molecule has 2 atom stereocenters. The van der Waals surface area contributed by atoms with Crippen molar-refractivity contribution in [2.75, 3.05) is 24.7 Å². The molecule has 0 spiro atoms. The van der Waals surface area contributed by atoms with E-state index in [1.807, 2.05) is 35.4 Å². The molecule has 0 saturated carbocycles. The molecule has 7 nitrogen and oxygen atoms in total. The second-order valence-electron chi connectivity index (χ2n) is 8.34. The van der Waals surface area contributed by atoms with Crippen LogP contribution >= 0.6 is 12.2 Å². The van der Waals surface area contributed by atoms with Gasteiger partial charge in [0.25, 0.3) is 0 Å². The van der Waals surface area contributed by atoms with Crippen molar-refractivity contribution in [3.63, 3.8) is 0 Å². The molecule has 2 saturated heterocycles. The van der Waals surface area contributed by atoms with Crippen molar-refractivity contribution in [2.45, 2.75) is 45.3 Å². The molecule has 4 rings (SSSR count). The van der Waals surface area contributed by atoms with Crippen molar-refractivity contribution in [3.8, 4) is 5.75 Å². The topological polar surface area (TPSA) is 69.4 Å². The highest BCUT2D eigenvalue weighted by Gasteiger charge is 2.30. The smallest absolute Gasteiger partial charge is 0.198 e. The Hall–Kier alpha value is -1.71. The fourth-order valence-corrected chi connectivity index (χ4v) is 6.66. The lowest BCUT2D eigenvalue weighted by Crippen LogP contribution is -2.27. The summed E-state index contributed by atoms with van der Waals surface area (Å²) in [5.74, 6) is 2.47. The number of benzene rings is 1. The number of ether oxygens (including phenoxy) is 1. The first-order valence-corrected chi connectivity index (χ1v) is 12.9. The zero-order valence-electron chi connectivity index (χ0n) is 17.7. The van der Waals surface area contributed by atoms with Crippen molar-refractivity contribution < 1.29 is 13.2 Å². The lowest BCUT2D eigenvalue weighted by atomic mass is 10.0. The largest absolute Gasteiger partial charge is 0.494 e. The minimum Gasteiger partial charge on any atom is -0.494 e. The van der Waals surface area contributed by atoms with Crippen molar-refractivity contribution >= 4 is 22.1 Å². The fraction of sp³-hybridized carbons (Fsp3) is 0.619. The van der Waals surface area contributed by atoms with Crippen LogP contribution in [-0.2, 0) is 30.0 Å². The summed E-state index contributed by atoms with van der Waals surface area (Å²) in [6.07, 6.45) is 3.63. The molecule has 2 fully saturated rings. The van der Waals surface area contributed by atoms with Crippen molar-refractivity contribution in [2.24, 2.45) is 13.0 Å². The number of aromatic nitrogens is 3. The van der Waals surface area contributed by atoms with Gasteiger partial charge in [-0.1, -0.05) is 12.1 Å². The molecule has 164 valence electrons. The van der Waals surface area contributed by atoms with E-state index >= 15 is 0 Å². The Morgan fingerprint density at radius 2 is 2.00 bits per heavy atom. The summed E-state index contributed by atoms with van der Waals surface area (Å²) in [4.78, 5) is 2.42. The number of hydrogen-bond donors (Lipinski definition) is 0. The third-order valence-electron chi connectivity index (χ3n) is 6.18. The van der Waals surface area contributed by atoms with Gasteiger partial charge in [-0.05, 0) is 62.0 Å². The van der Waals surface area contributed by atoms with E-state index in [-0.39, 0.29) is 11.7 Å². The summed E-state index contributed by atoms with van der Waals surface area (Å²) >= 11 is 5.64. The summed E-state index contributed by atoms with van der Waals surface area (Å²) in [5.41, 5.74) is 1.29. The molecule has 1 aromatic heterocycles. The van der Waals surface area contributed by atoms with Gasteiger partial charge in [0.2, 0.25) is 0 Å². The number of sulfone groups is 1. The second-order valence-corrected chi connectivity index (χ2v) is 10.9. The first-order chi connectivity index (χ1) is 14.4. The van der Waals surface area contributed by atoms with E-state index in [1.165, 1.54) is 5.56 Å². The molecular weight excluding hydrogens is 420 g/mol. The summed E-state index contributed by atoms with van der Waals surface area (Å²) in [6.45, 7) is 4.31. The van der Waals surface area contributed by atoms with Gasteiger partial charge in [-0.25, -0.2) is 13.1 Å². The number of nitrogens with zero attached hydrogens (tertiary/aromatic N) is 4. The molecule has 9 heteroatoms. The third kappa shape index (κ3) is 4.63. The Morgan fingerprint density at radius 3 is 2.67 bits per heavy atom. The van der Waals surface area contributed by atoms with Gasteiger partial charge in [0.15, 0.2) is 14.6 Å². The Bertz CT molecular complexity index is 1040. The summed E-state index contributed by atoms with van der Waals surface area (Å²) in [7, 11) is -0.953. The number of likely N-dealkylation sites (tertiary alicyclic amines) is 1. The maximum absolute atomic E-state index is 11.8. The zero-order valence-corrected chi connectivity index (χ0v) is 19.3. The van der Waals surface area contributed by atoms with Crippen LogP contribution < -0.4 is 4.74 Å².